The van der Waals surface area contributed by atoms with Gasteiger partial charge in [0, 0.05) is 38.6 Å². The maximum absolute atomic E-state index is 12.0. The molecule has 2 aromatic heterocycles. The van der Waals surface area contributed by atoms with E-state index in [9.17, 15) is 8.42 Å². The molecule has 3 rings (SSSR count). The largest absolute Gasteiger partial charge is 0.461 e. The summed E-state index contributed by atoms with van der Waals surface area (Å²) in [7, 11) is -3.11. The number of aromatic nitrogens is 3. The first-order valence-electron chi connectivity index (χ1n) is 9.99. The van der Waals surface area contributed by atoms with E-state index in [-0.39, 0.29) is 11.8 Å². The quantitative estimate of drug-likeness (QED) is 0.426. The predicted octanol–water partition coefficient (Wildman–Crippen LogP) is 0.976. The molecule has 1 saturated heterocycles. The molecule has 0 bridgehead atoms. The Morgan fingerprint density at radius 2 is 2.17 bits per heavy atom. The van der Waals surface area contributed by atoms with Gasteiger partial charge in [0.15, 0.2) is 11.7 Å². The molecule has 0 aliphatic carbocycles. The third kappa shape index (κ3) is 5.80. The number of H-pyrrole nitrogens is 1. The van der Waals surface area contributed by atoms with E-state index in [0.29, 0.717) is 37.6 Å². The first-order valence-corrected chi connectivity index (χ1v) is 11.6. The molecule has 29 heavy (non-hydrogen) atoms. The van der Waals surface area contributed by atoms with E-state index in [4.69, 9.17) is 4.42 Å². The number of piperidine rings is 1. The van der Waals surface area contributed by atoms with Gasteiger partial charge in [0.2, 0.25) is 15.8 Å². The molecule has 0 aromatic carbocycles. The minimum atomic E-state index is -3.11. The molecule has 0 spiro atoms. The molecular weight excluding hydrogens is 394 g/mol. The molecule has 3 heterocycles. The molecule has 1 fully saturated rings. The average Bonchev–Trinajstić information content (AvgIpc) is 3.40. The molecule has 0 atom stereocenters. The third-order valence-electron chi connectivity index (χ3n) is 4.79. The van der Waals surface area contributed by atoms with Gasteiger partial charge in [0.05, 0.1) is 12.0 Å². The van der Waals surface area contributed by atoms with E-state index in [2.05, 4.69) is 30.8 Å². The van der Waals surface area contributed by atoms with Crippen LogP contribution in [-0.4, -0.2) is 71.8 Å². The van der Waals surface area contributed by atoms with Crippen molar-refractivity contribution >= 4 is 16.0 Å². The Kier molecular flexibility index (Phi) is 7.26. The highest BCUT2D eigenvalue weighted by molar-refractivity contribution is 7.89. The van der Waals surface area contributed by atoms with Crippen molar-refractivity contribution in [2.24, 2.45) is 4.99 Å². The van der Waals surface area contributed by atoms with Gasteiger partial charge in [-0.2, -0.15) is 5.10 Å². The fourth-order valence-electron chi connectivity index (χ4n) is 3.17. The molecular formula is C18H29N7O3S. The van der Waals surface area contributed by atoms with Crippen LogP contribution in [0, 0.1) is 0 Å². The highest BCUT2D eigenvalue weighted by Crippen LogP contribution is 2.15. The zero-order valence-corrected chi connectivity index (χ0v) is 17.7. The molecule has 0 unspecified atom stereocenters. The number of rotatable bonds is 8. The van der Waals surface area contributed by atoms with Crippen LogP contribution in [0.4, 0.5) is 0 Å². The standard InChI is InChI=1S/C18H29N7O3S/c1-3-19-18(21-14-8-11-25(12-9-14)29(26,27)4-2)20-10-7-16-22-17(24-23-16)15-6-5-13-28-15/h5-6,13-14H,3-4,7-12H2,1-2H3,(H2,19,20,21)(H,22,23,24). The summed E-state index contributed by atoms with van der Waals surface area (Å²) in [5, 5.41) is 13.7. The predicted molar refractivity (Wildman–Crippen MR) is 111 cm³/mol. The van der Waals surface area contributed by atoms with Crippen molar-refractivity contribution in [1.29, 1.82) is 0 Å². The minimum Gasteiger partial charge on any atom is -0.461 e. The number of sulfonamides is 1. The Morgan fingerprint density at radius 1 is 1.38 bits per heavy atom. The monoisotopic (exact) mass is 423 g/mol. The van der Waals surface area contributed by atoms with Crippen LogP contribution in [0.2, 0.25) is 0 Å². The fraction of sp³-hybridized carbons (Fsp3) is 0.611. The summed E-state index contributed by atoms with van der Waals surface area (Å²) >= 11 is 0. The van der Waals surface area contributed by atoms with Gasteiger partial charge in [0.1, 0.15) is 5.82 Å². The van der Waals surface area contributed by atoms with Gasteiger partial charge in [0.25, 0.3) is 0 Å². The summed E-state index contributed by atoms with van der Waals surface area (Å²) in [6, 6.07) is 3.81. The second-order valence-corrected chi connectivity index (χ2v) is 9.07. The summed E-state index contributed by atoms with van der Waals surface area (Å²) in [5.41, 5.74) is 0. The van der Waals surface area contributed by atoms with Gasteiger partial charge in [-0.1, -0.05) is 0 Å². The van der Waals surface area contributed by atoms with Gasteiger partial charge in [-0.3, -0.25) is 10.1 Å². The Bertz CT molecular complexity index is 884. The zero-order valence-electron chi connectivity index (χ0n) is 16.9. The van der Waals surface area contributed by atoms with Gasteiger partial charge >= 0.3 is 0 Å². The van der Waals surface area contributed by atoms with E-state index in [1.165, 1.54) is 0 Å². The van der Waals surface area contributed by atoms with Gasteiger partial charge in [-0.05, 0) is 38.8 Å². The molecule has 2 aromatic rings. The number of nitrogens with zero attached hydrogens (tertiary/aromatic N) is 4. The van der Waals surface area contributed by atoms with Crippen molar-refractivity contribution in [3.05, 3.63) is 24.2 Å². The molecule has 1 aliphatic heterocycles. The molecule has 3 N–H and O–H groups in total. The molecule has 160 valence electrons. The Labute approximate surface area is 171 Å². The fourth-order valence-corrected chi connectivity index (χ4v) is 4.30. The summed E-state index contributed by atoms with van der Waals surface area (Å²) in [5.74, 6) is 2.79. The SMILES string of the molecule is CCNC(=NCCc1nc(-c2ccco2)n[nH]1)NC1CCN(S(=O)(=O)CC)CC1. The minimum absolute atomic E-state index is 0.151. The molecule has 0 amide bonds. The second kappa shape index (κ2) is 9.88. The lowest BCUT2D eigenvalue weighted by Crippen LogP contribution is -2.50. The van der Waals surface area contributed by atoms with Crippen LogP contribution in [0.1, 0.15) is 32.5 Å². The first kappa shape index (κ1) is 21.3. The molecule has 10 nitrogen and oxygen atoms in total. The van der Waals surface area contributed by atoms with E-state index in [1.807, 2.05) is 13.0 Å². The van der Waals surface area contributed by atoms with Crippen LogP contribution in [0.3, 0.4) is 0 Å². The van der Waals surface area contributed by atoms with Crippen LogP contribution in [-0.2, 0) is 16.4 Å². The van der Waals surface area contributed by atoms with Crippen LogP contribution < -0.4 is 10.6 Å². The summed E-state index contributed by atoms with van der Waals surface area (Å²) < 4.78 is 30.8. The van der Waals surface area contributed by atoms with E-state index < -0.39 is 10.0 Å². The van der Waals surface area contributed by atoms with Crippen molar-refractivity contribution in [2.45, 2.75) is 39.2 Å². The Hall–Kier alpha value is -2.40. The second-order valence-electron chi connectivity index (χ2n) is 6.81. The van der Waals surface area contributed by atoms with Gasteiger partial charge in [-0.25, -0.2) is 17.7 Å². The number of nitrogens with one attached hydrogen (secondary N) is 3. The maximum Gasteiger partial charge on any atom is 0.216 e. The third-order valence-corrected chi connectivity index (χ3v) is 6.67. The van der Waals surface area contributed by atoms with Crippen LogP contribution in [0.15, 0.2) is 27.8 Å². The lowest BCUT2D eigenvalue weighted by molar-refractivity contribution is 0.306. The van der Waals surface area contributed by atoms with Crippen molar-refractivity contribution in [3.8, 4) is 11.6 Å². The Balaban J connectivity index is 1.50. The maximum atomic E-state index is 12.0. The lowest BCUT2D eigenvalue weighted by Gasteiger charge is -2.32. The topological polar surface area (TPSA) is 129 Å². The number of furan rings is 1. The normalized spacial score (nSPS) is 16.8. The van der Waals surface area contributed by atoms with Crippen molar-refractivity contribution in [1.82, 2.24) is 30.1 Å². The molecule has 1 aliphatic rings. The Morgan fingerprint density at radius 3 is 2.83 bits per heavy atom. The van der Waals surface area contributed by atoms with Crippen LogP contribution in [0.25, 0.3) is 11.6 Å². The van der Waals surface area contributed by atoms with E-state index in [0.717, 1.165) is 31.2 Å². The van der Waals surface area contributed by atoms with Crippen molar-refractivity contribution in [2.75, 3.05) is 31.9 Å². The van der Waals surface area contributed by atoms with E-state index >= 15 is 0 Å². The smallest absolute Gasteiger partial charge is 0.216 e. The average molecular weight is 424 g/mol. The first-order chi connectivity index (χ1) is 14.0. The number of hydrogen-bond donors (Lipinski definition) is 3. The van der Waals surface area contributed by atoms with Crippen molar-refractivity contribution < 1.29 is 12.8 Å². The number of guanidine groups is 1. The van der Waals surface area contributed by atoms with E-state index in [1.54, 1.807) is 23.6 Å². The van der Waals surface area contributed by atoms with Gasteiger partial charge < -0.3 is 15.1 Å². The summed E-state index contributed by atoms with van der Waals surface area (Å²) in [6.07, 6.45) is 3.74. The van der Waals surface area contributed by atoms with Crippen molar-refractivity contribution in [3.63, 3.8) is 0 Å². The van der Waals surface area contributed by atoms with Crippen LogP contribution >= 0.6 is 0 Å². The zero-order chi connectivity index (χ0) is 20.7. The van der Waals surface area contributed by atoms with Crippen LogP contribution in [0.5, 0.6) is 0 Å². The highest BCUT2D eigenvalue weighted by atomic mass is 32.2. The highest BCUT2D eigenvalue weighted by Gasteiger charge is 2.27. The summed E-state index contributed by atoms with van der Waals surface area (Å²) in [4.78, 5) is 9.03. The number of aliphatic imine (C=N–C) groups is 1. The molecule has 11 heteroatoms. The summed E-state index contributed by atoms with van der Waals surface area (Å²) in [6.45, 7) is 6.08. The number of hydrogen-bond acceptors (Lipinski definition) is 6. The number of aromatic amines is 1. The lowest BCUT2D eigenvalue weighted by atomic mass is 10.1. The van der Waals surface area contributed by atoms with Gasteiger partial charge in [-0.15, -0.1) is 0 Å². The molecule has 0 radical (unpaired) electrons. The molecule has 0 saturated carbocycles.